The highest BCUT2D eigenvalue weighted by atomic mass is 35.7. The molecule has 0 aromatic heterocycles. The number of aromatic carboxylic acids is 1. The van der Waals surface area contributed by atoms with Gasteiger partial charge in [-0.1, -0.05) is 13.8 Å². The molecule has 0 fully saturated rings. The standard InChI is InChI=1S/C13H17ClO6S/c1-9(2)8-19-5-6-20-11-4-3-10(13(15)16)7-12(11)21(14,17)18/h3-4,7,9H,5-6,8H2,1-2H3,(H,15,16). The molecule has 0 atom stereocenters. The Morgan fingerprint density at radius 2 is 2.00 bits per heavy atom. The van der Waals surface area contributed by atoms with Gasteiger partial charge in [0.2, 0.25) is 0 Å². The third-order valence-electron chi connectivity index (χ3n) is 2.39. The largest absolute Gasteiger partial charge is 0.490 e. The number of ether oxygens (including phenoxy) is 2. The molecule has 1 rings (SSSR count). The number of carboxylic acids is 1. The van der Waals surface area contributed by atoms with Gasteiger partial charge in [-0.15, -0.1) is 0 Å². The second-order valence-corrected chi connectivity index (χ2v) is 7.26. The smallest absolute Gasteiger partial charge is 0.335 e. The molecule has 0 amide bonds. The minimum Gasteiger partial charge on any atom is -0.490 e. The highest BCUT2D eigenvalue weighted by Crippen LogP contribution is 2.28. The number of rotatable bonds is 8. The van der Waals surface area contributed by atoms with Gasteiger partial charge in [-0.25, -0.2) is 13.2 Å². The zero-order valence-electron chi connectivity index (χ0n) is 11.7. The van der Waals surface area contributed by atoms with E-state index < -0.39 is 15.0 Å². The van der Waals surface area contributed by atoms with E-state index in [4.69, 9.17) is 25.3 Å². The summed E-state index contributed by atoms with van der Waals surface area (Å²) in [5.41, 5.74) is -0.183. The SMILES string of the molecule is CC(C)COCCOc1ccc(C(=O)O)cc1S(=O)(=O)Cl. The molecule has 118 valence electrons. The van der Waals surface area contributed by atoms with Gasteiger partial charge in [-0.2, -0.15) is 0 Å². The Bertz CT molecular complexity index is 597. The van der Waals surface area contributed by atoms with Crippen molar-refractivity contribution in [3.8, 4) is 5.75 Å². The molecule has 0 spiro atoms. The third kappa shape index (κ3) is 5.91. The Hall–Kier alpha value is -1.31. The normalized spacial score (nSPS) is 11.6. The second-order valence-electron chi connectivity index (χ2n) is 4.72. The Balaban J connectivity index is 2.80. The van der Waals surface area contributed by atoms with Crippen molar-refractivity contribution < 1.29 is 27.8 Å². The lowest BCUT2D eigenvalue weighted by atomic mass is 10.2. The van der Waals surface area contributed by atoms with Crippen LogP contribution in [0.3, 0.4) is 0 Å². The number of carbonyl (C=O) groups is 1. The van der Waals surface area contributed by atoms with Crippen LogP contribution in [-0.2, 0) is 13.8 Å². The number of halogens is 1. The van der Waals surface area contributed by atoms with Gasteiger partial charge in [0.15, 0.2) is 0 Å². The van der Waals surface area contributed by atoms with Gasteiger partial charge in [0.05, 0.1) is 12.2 Å². The van der Waals surface area contributed by atoms with Crippen LogP contribution in [0.5, 0.6) is 5.75 Å². The van der Waals surface area contributed by atoms with Crippen LogP contribution in [0, 0.1) is 5.92 Å². The molecule has 0 bridgehead atoms. The van der Waals surface area contributed by atoms with Crippen molar-refractivity contribution in [3.05, 3.63) is 23.8 Å². The van der Waals surface area contributed by atoms with Gasteiger partial charge >= 0.3 is 5.97 Å². The quantitative estimate of drug-likeness (QED) is 0.579. The lowest BCUT2D eigenvalue weighted by Crippen LogP contribution is -2.11. The lowest BCUT2D eigenvalue weighted by molar-refractivity contribution is 0.0696. The fourth-order valence-corrected chi connectivity index (χ4v) is 2.48. The van der Waals surface area contributed by atoms with Crippen LogP contribution in [0.4, 0.5) is 0 Å². The Kier molecular flexibility index (Phi) is 6.44. The van der Waals surface area contributed by atoms with E-state index in [9.17, 15) is 13.2 Å². The first-order valence-electron chi connectivity index (χ1n) is 6.24. The molecule has 0 heterocycles. The van der Waals surface area contributed by atoms with E-state index >= 15 is 0 Å². The fourth-order valence-electron chi connectivity index (χ4n) is 1.48. The van der Waals surface area contributed by atoms with E-state index in [2.05, 4.69) is 0 Å². The van der Waals surface area contributed by atoms with E-state index in [1.54, 1.807) is 0 Å². The average molecular weight is 337 g/mol. The molecular weight excluding hydrogens is 320 g/mol. The highest BCUT2D eigenvalue weighted by molar-refractivity contribution is 8.13. The molecule has 0 aliphatic rings. The Morgan fingerprint density at radius 1 is 1.33 bits per heavy atom. The molecule has 6 nitrogen and oxygen atoms in total. The summed E-state index contributed by atoms with van der Waals surface area (Å²) in [5, 5.41) is 8.87. The fraction of sp³-hybridized carbons (Fsp3) is 0.462. The predicted molar refractivity (Wildman–Crippen MR) is 77.6 cm³/mol. The van der Waals surface area contributed by atoms with Gasteiger partial charge in [0, 0.05) is 17.3 Å². The summed E-state index contributed by atoms with van der Waals surface area (Å²) in [7, 11) is 1.19. The zero-order valence-corrected chi connectivity index (χ0v) is 13.3. The van der Waals surface area contributed by atoms with E-state index in [0.717, 1.165) is 6.07 Å². The van der Waals surface area contributed by atoms with Crippen LogP contribution in [0.25, 0.3) is 0 Å². The first kappa shape index (κ1) is 17.7. The lowest BCUT2D eigenvalue weighted by Gasteiger charge is -2.11. The number of benzene rings is 1. The second kappa shape index (κ2) is 7.63. The first-order chi connectivity index (χ1) is 9.71. The molecule has 0 radical (unpaired) electrons. The molecule has 0 aliphatic carbocycles. The molecule has 21 heavy (non-hydrogen) atoms. The van der Waals surface area contributed by atoms with E-state index in [-0.39, 0.29) is 22.8 Å². The molecule has 0 unspecified atom stereocenters. The summed E-state index contributed by atoms with van der Waals surface area (Å²) < 4.78 is 33.5. The van der Waals surface area contributed by atoms with Gasteiger partial charge < -0.3 is 14.6 Å². The maximum atomic E-state index is 11.5. The molecule has 0 aliphatic heterocycles. The van der Waals surface area contributed by atoms with Gasteiger partial charge in [0.25, 0.3) is 9.05 Å². The first-order valence-corrected chi connectivity index (χ1v) is 8.55. The summed E-state index contributed by atoms with van der Waals surface area (Å²) in [6.07, 6.45) is 0. The van der Waals surface area contributed by atoms with Crippen molar-refractivity contribution in [1.82, 2.24) is 0 Å². The van der Waals surface area contributed by atoms with Crippen molar-refractivity contribution in [2.24, 2.45) is 5.92 Å². The minimum atomic E-state index is -4.10. The maximum absolute atomic E-state index is 11.5. The van der Waals surface area contributed by atoms with Crippen LogP contribution in [0.2, 0.25) is 0 Å². The average Bonchev–Trinajstić information content (AvgIpc) is 2.36. The maximum Gasteiger partial charge on any atom is 0.335 e. The van der Waals surface area contributed by atoms with Gasteiger partial charge in [-0.05, 0) is 24.1 Å². The molecule has 0 saturated heterocycles. The number of hydrogen-bond acceptors (Lipinski definition) is 5. The van der Waals surface area contributed by atoms with Crippen molar-refractivity contribution >= 4 is 25.7 Å². The summed E-state index contributed by atoms with van der Waals surface area (Å²) in [6.45, 7) is 5.01. The Labute approximate surface area is 128 Å². The van der Waals surface area contributed by atoms with Crippen LogP contribution in [0.1, 0.15) is 24.2 Å². The topological polar surface area (TPSA) is 89.9 Å². The van der Waals surface area contributed by atoms with Crippen molar-refractivity contribution in [3.63, 3.8) is 0 Å². The van der Waals surface area contributed by atoms with Crippen LogP contribution < -0.4 is 4.74 Å². The van der Waals surface area contributed by atoms with Crippen molar-refractivity contribution in [1.29, 1.82) is 0 Å². The van der Waals surface area contributed by atoms with Crippen LogP contribution in [0.15, 0.2) is 23.1 Å². The highest BCUT2D eigenvalue weighted by Gasteiger charge is 2.19. The van der Waals surface area contributed by atoms with Crippen LogP contribution >= 0.6 is 10.7 Å². The predicted octanol–water partition coefficient (Wildman–Crippen LogP) is 2.36. The summed E-state index contributed by atoms with van der Waals surface area (Å²) in [6, 6.07) is 3.48. The molecule has 1 aromatic rings. The summed E-state index contributed by atoms with van der Waals surface area (Å²) in [5.74, 6) is -0.856. The van der Waals surface area contributed by atoms with Crippen molar-refractivity contribution in [2.75, 3.05) is 19.8 Å². The zero-order chi connectivity index (χ0) is 16.0. The van der Waals surface area contributed by atoms with Gasteiger partial charge in [-0.3, -0.25) is 0 Å². The molecule has 1 aromatic carbocycles. The van der Waals surface area contributed by atoms with Crippen molar-refractivity contribution in [2.45, 2.75) is 18.7 Å². The monoisotopic (exact) mass is 336 g/mol. The number of carboxylic acid groups (broad SMARTS) is 1. The van der Waals surface area contributed by atoms with E-state index in [1.165, 1.54) is 12.1 Å². The molecule has 1 N–H and O–H groups in total. The van der Waals surface area contributed by atoms with Gasteiger partial charge in [0.1, 0.15) is 17.3 Å². The minimum absolute atomic E-state index is 0.00291. The number of hydrogen-bond donors (Lipinski definition) is 1. The van der Waals surface area contributed by atoms with Crippen LogP contribution in [-0.4, -0.2) is 39.3 Å². The molecule has 8 heteroatoms. The molecule has 0 saturated carbocycles. The molecular formula is C13H17ClO6S. The Morgan fingerprint density at radius 3 is 2.52 bits per heavy atom. The summed E-state index contributed by atoms with van der Waals surface area (Å²) >= 11 is 0. The third-order valence-corrected chi connectivity index (χ3v) is 3.73. The van der Waals surface area contributed by atoms with E-state index in [0.29, 0.717) is 19.1 Å². The summed E-state index contributed by atoms with van der Waals surface area (Å²) in [4.78, 5) is 10.5. The van der Waals surface area contributed by atoms with E-state index in [1.807, 2.05) is 13.8 Å².